The van der Waals surface area contributed by atoms with Gasteiger partial charge in [0.25, 0.3) is 5.91 Å². The number of hydrogen-bond donors (Lipinski definition) is 2. The standard InChI is InChI=1S/C15H26N4O3S.ClH/c1-15(2,3)23(21,22)10-8-17-14(20)13-6-9-19(18-13)12-5-4-7-16-11-12;/h6,9,12,16H,4-5,7-8,10-11H2,1-3H3,(H,17,20);1H. The molecule has 0 saturated carbocycles. The highest BCUT2D eigenvalue weighted by molar-refractivity contribution is 7.92. The van der Waals surface area contributed by atoms with Gasteiger partial charge in [-0.2, -0.15) is 5.10 Å². The summed E-state index contributed by atoms with van der Waals surface area (Å²) in [5.74, 6) is -0.410. The van der Waals surface area contributed by atoms with E-state index in [1.54, 1.807) is 33.0 Å². The van der Waals surface area contributed by atoms with Gasteiger partial charge < -0.3 is 10.6 Å². The Bertz CT molecular complexity index is 646. The van der Waals surface area contributed by atoms with Crippen LogP contribution in [-0.4, -0.2) is 54.2 Å². The summed E-state index contributed by atoms with van der Waals surface area (Å²) in [6, 6.07) is 1.94. The number of nitrogens with one attached hydrogen (secondary N) is 2. The van der Waals surface area contributed by atoms with E-state index in [-0.39, 0.29) is 36.7 Å². The zero-order valence-corrected chi connectivity index (χ0v) is 16.0. The molecule has 0 radical (unpaired) electrons. The van der Waals surface area contributed by atoms with Gasteiger partial charge in [-0.25, -0.2) is 8.42 Å². The molecule has 0 aromatic carbocycles. The second kappa shape index (κ2) is 8.31. The highest BCUT2D eigenvalue weighted by atomic mass is 35.5. The van der Waals surface area contributed by atoms with E-state index < -0.39 is 14.6 Å². The summed E-state index contributed by atoms with van der Waals surface area (Å²) in [6.07, 6.45) is 3.94. The van der Waals surface area contributed by atoms with Crippen LogP contribution in [0.2, 0.25) is 0 Å². The molecule has 9 heteroatoms. The molecule has 1 aromatic heterocycles. The molecule has 1 unspecified atom stereocenters. The first-order valence-electron chi connectivity index (χ1n) is 7.97. The van der Waals surface area contributed by atoms with E-state index in [4.69, 9.17) is 0 Å². The normalized spacial score (nSPS) is 18.7. The molecule has 0 spiro atoms. The minimum Gasteiger partial charge on any atom is -0.350 e. The van der Waals surface area contributed by atoms with Crippen LogP contribution in [-0.2, 0) is 9.84 Å². The van der Waals surface area contributed by atoms with Crippen LogP contribution in [0.25, 0.3) is 0 Å². The van der Waals surface area contributed by atoms with Crippen LogP contribution in [0.5, 0.6) is 0 Å². The molecular formula is C15H27ClN4O3S. The van der Waals surface area contributed by atoms with Crippen LogP contribution in [0.15, 0.2) is 12.3 Å². The Balaban J connectivity index is 0.00000288. The first-order chi connectivity index (χ1) is 10.7. The largest absolute Gasteiger partial charge is 0.350 e. The maximum absolute atomic E-state index is 12.1. The van der Waals surface area contributed by atoms with E-state index in [0.29, 0.717) is 5.69 Å². The molecule has 2 rings (SSSR count). The molecular weight excluding hydrogens is 352 g/mol. The summed E-state index contributed by atoms with van der Waals surface area (Å²) >= 11 is 0. The number of sulfone groups is 1. The average molecular weight is 379 g/mol. The molecule has 1 atom stereocenters. The van der Waals surface area contributed by atoms with E-state index in [9.17, 15) is 13.2 Å². The van der Waals surface area contributed by atoms with Gasteiger partial charge in [-0.1, -0.05) is 0 Å². The predicted molar refractivity (Wildman–Crippen MR) is 96.5 cm³/mol. The predicted octanol–water partition coefficient (Wildman–Crippen LogP) is 1.17. The smallest absolute Gasteiger partial charge is 0.271 e. The lowest BCUT2D eigenvalue weighted by atomic mass is 10.1. The van der Waals surface area contributed by atoms with Crippen LogP contribution in [0.4, 0.5) is 0 Å². The third-order valence-electron chi connectivity index (χ3n) is 4.08. The molecule has 1 fully saturated rings. The van der Waals surface area contributed by atoms with Gasteiger partial charge in [0.1, 0.15) is 5.69 Å². The van der Waals surface area contributed by atoms with Crippen molar-refractivity contribution >= 4 is 28.2 Å². The maximum Gasteiger partial charge on any atom is 0.271 e. The zero-order valence-electron chi connectivity index (χ0n) is 14.4. The molecule has 0 aliphatic carbocycles. The monoisotopic (exact) mass is 378 g/mol. The van der Waals surface area contributed by atoms with Gasteiger partial charge >= 0.3 is 0 Å². The number of nitrogens with zero attached hydrogens (tertiary/aromatic N) is 2. The molecule has 0 bridgehead atoms. The highest BCUT2D eigenvalue weighted by Gasteiger charge is 2.28. The Morgan fingerprint density at radius 3 is 2.75 bits per heavy atom. The fourth-order valence-corrected chi connectivity index (χ4v) is 3.40. The third kappa shape index (κ3) is 5.19. The van der Waals surface area contributed by atoms with E-state index in [2.05, 4.69) is 15.7 Å². The lowest BCUT2D eigenvalue weighted by Crippen LogP contribution is -2.36. The highest BCUT2D eigenvalue weighted by Crippen LogP contribution is 2.16. The average Bonchev–Trinajstić information content (AvgIpc) is 2.96. The topological polar surface area (TPSA) is 93.1 Å². The number of carbonyl (C=O) groups excluding carboxylic acids is 1. The van der Waals surface area contributed by atoms with Crippen molar-refractivity contribution < 1.29 is 13.2 Å². The fraction of sp³-hybridized carbons (Fsp3) is 0.733. The number of amides is 1. The summed E-state index contributed by atoms with van der Waals surface area (Å²) in [5, 5.41) is 10.3. The molecule has 2 heterocycles. The Kier molecular flexibility index (Phi) is 7.25. The van der Waals surface area contributed by atoms with Crippen molar-refractivity contribution in [2.24, 2.45) is 0 Å². The number of carbonyl (C=O) groups is 1. The lowest BCUT2D eigenvalue weighted by molar-refractivity contribution is 0.0949. The number of hydrogen-bond acceptors (Lipinski definition) is 5. The maximum atomic E-state index is 12.1. The van der Waals surface area contributed by atoms with Crippen molar-refractivity contribution in [1.82, 2.24) is 20.4 Å². The van der Waals surface area contributed by atoms with Gasteiger partial charge in [0.05, 0.1) is 16.5 Å². The molecule has 24 heavy (non-hydrogen) atoms. The Hall–Kier alpha value is -1.12. The van der Waals surface area contributed by atoms with E-state index >= 15 is 0 Å². The number of piperidine rings is 1. The summed E-state index contributed by atoms with van der Waals surface area (Å²) in [7, 11) is -3.24. The first-order valence-corrected chi connectivity index (χ1v) is 9.62. The van der Waals surface area contributed by atoms with E-state index in [0.717, 1.165) is 25.9 Å². The Morgan fingerprint density at radius 1 is 1.46 bits per heavy atom. The Labute approximate surface area is 149 Å². The lowest BCUT2D eigenvalue weighted by Gasteiger charge is -2.22. The summed E-state index contributed by atoms with van der Waals surface area (Å²) < 4.78 is 25.0. The van der Waals surface area contributed by atoms with E-state index in [1.807, 2.05) is 4.68 Å². The minimum absolute atomic E-state index is 0. The molecule has 138 valence electrons. The van der Waals surface area contributed by atoms with E-state index in [1.165, 1.54) is 0 Å². The van der Waals surface area contributed by atoms with Crippen molar-refractivity contribution in [3.8, 4) is 0 Å². The second-order valence-electron chi connectivity index (χ2n) is 6.87. The van der Waals surface area contributed by atoms with Crippen LogP contribution in [0, 0.1) is 0 Å². The van der Waals surface area contributed by atoms with Gasteiger partial charge in [0, 0.05) is 19.3 Å². The van der Waals surface area contributed by atoms with Crippen LogP contribution in [0.1, 0.15) is 50.1 Å². The van der Waals surface area contributed by atoms with Gasteiger partial charge in [-0.05, 0) is 46.2 Å². The fourth-order valence-electron chi connectivity index (χ4n) is 2.42. The van der Waals surface area contributed by atoms with Crippen LogP contribution in [0.3, 0.4) is 0 Å². The number of aromatic nitrogens is 2. The molecule has 1 aliphatic heterocycles. The van der Waals surface area contributed by atoms with Gasteiger partial charge in [0.15, 0.2) is 9.84 Å². The first kappa shape index (κ1) is 20.9. The summed E-state index contributed by atoms with van der Waals surface area (Å²) in [5.41, 5.74) is 0.323. The minimum atomic E-state index is -3.24. The van der Waals surface area contributed by atoms with Crippen LogP contribution >= 0.6 is 12.4 Å². The van der Waals surface area contributed by atoms with Gasteiger partial charge in [0.2, 0.25) is 0 Å². The van der Waals surface area contributed by atoms with Crippen molar-refractivity contribution in [2.45, 2.75) is 44.4 Å². The molecule has 1 aliphatic rings. The molecule has 1 aromatic rings. The van der Waals surface area contributed by atoms with Gasteiger partial charge in [-0.3, -0.25) is 9.48 Å². The van der Waals surface area contributed by atoms with Crippen molar-refractivity contribution in [3.05, 3.63) is 18.0 Å². The molecule has 1 saturated heterocycles. The Morgan fingerprint density at radius 2 is 2.17 bits per heavy atom. The molecule has 7 nitrogen and oxygen atoms in total. The molecule has 2 N–H and O–H groups in total. The van der Waals surface area contributed by atoms with Crippen molar-refractivity contribution in [1.29, 1.82) is 0 Å². The van der Waals surface area contributed by atoms with Crippen LogP contribution < -0.4 is 10.6 Å². The van der Waals surface area contributed by atoms with Crippen molar-refractivity contribution in [2.75, 3.05) is 25.4 Å². The molecule has 1 amide bonds. The zero-order chi connectivity index (χ0) is 17.1. The second-order valence-corrected chi connectivity index (χ2v) is 9.73. The summed E-state index contributed by atoms with van der Waals surface area (Å²) in [4.78, 5) is 12.1. The third-order valence-corrected chi connectivity index (χ3v) is 6.68. The number of halogens is 1. The summed E-state index contributed by atoms with van der Waals surface area (Å²) in [6.45, 7) is 6.94. The quantitative estimate of drug-likeness (QED) is 0.802. The van der Waals surface area contributed by atoms with Gasteiger partial charge in [-0.15, -0.1) is 12.4 Å². The SMILES string of the molecule is CC(C)(C)S(=O)(=O)CCNC(=O)c1ccn(C2CCCNC2)n1.Cl. The number of rotatable bonds is 5. The van der Waals surface area contributed by atoms with Crippen molar-refractivity contribution in [3.63, 3.8) is 0 Å².